The monoisotopic (exact) mass is 412 g/mol. The Kier molecular flexibility index (Phi) is 5.11. The highest BCUT2D eigenvalue weighted by molar-refractivity contribution is 8.18. The van der Waals surface area contributed by atoms with Gasteiger partial charge in [0.2, 0.25) is 5.12 Å². The number of benzene rings is 2. The second-order valence-corrected chi connectivity index (χ2v) is 8.93. The second-order valence-electron chi connectivity index (χ2n) is 5.60. The lowest BCUT2D eigenvalue weighted by molar-refractivity contribution is -0.125. The van der Waals surface area contributed by atoms with Crippen LogP contribution in [0.5, 0.6) is 0 Å². The molecule has 0 bridgehead atoms. The van der Waals surface area contributed by atoms with Crippen LogP contribution in [0.1, 0.15) is 5.56 Å². The Balaban J connectivity index is 1.45. The average Bonchev–Trinajstić information content (AvgIpc) is 3.18. The molecule has 0 unspecified atom stereocenters. The number of nitrogens with zero attached hydrogens (tertiary/aromatic N) is 2. The minimum Gasteiger partial charge on any atom is -0.285 e. The summed E-state index contributed by atoms with van der Waals surface area (Å²) in [7, 11) is 0. The lowest BCUT2D eigenvalue weighted by Crippen LogP contribution is -2.32. The minimum atomic E-state index is -0.438. The van der Waals surface area contributed by atoms with Gasteiger partial charge in [0.05, 0.1) is 21.7 Å². The third-order valence-corrected chi connectivity index (χ3v) is 6.59. The van der Waals surface area contributed by atoms with E-state index in [2.05, 4.69) is 4.98 Å². The van der Waals surface area contributed by atoms with Gasteiger partial charge in [0.1, 0.15) is 0 Å². The van der Waals surface area contributed by atoms with Crippen LogP contribution in [0.2, 0.25) is 0 Å². The maximum absolute atomic E-state index is 12.5. The van der Waals surface area contributed by atoms with Crippen LogP contribution in [0.3, 0.4) is 0 Å². The van der Waals surface area contributed by atoms with Gasteiger partial charge in [-0.25, -0.2) is 4.98 Å². The minimum absolute atomic E-state index is 0.266. The number of aromatic nitrogens is 1. The summed E-state index contributed by atoms with van der Waals surface area (Å²) in [6.45, 7) is -0.266. The molecule has 1 aliphatic heterocycles. The van der Waals surface area contributed by atoms with Crippen LogP contribution in [0.25, 0.3) is 16.3 Å². The molecule has 3 aromatic rings. The Labute approximate surface area is 167 Å². The molecule has 5 nitrogen and oxygen atoms in total. The van der Waals surface area contributed by atoms with Crippen LogP contribution >= 0.6 is 34.9 Å². The molecule has 134 valence electrons. The van der Waals surface area contributed by atoms with Gasteiger partial charge in [-0.05, 0) is 47.3 Å². The largest absolute Gasteiger partial charge is 0.294 e. The fourth-order valence-electron chi connectivity index (χ4n) is 2.49. The number of hydrogen-bond acceptors (Lipinski definition) is 7. The Morgan fingerprint density at radius 3 is 2.59 bits per heavy atom. The van der Waals surface area contributed by atoms with E-state index in [0.29, 0.717) is 9.24 Å². The zero-order valence-electron chi connectivity index (χ0n) is 13.8. The van der Waals surface area contributed by atoms with E-state index in [4.69, 9.17) is 0 Å². The smallest absolute Gasteiger partial charge is 0.285 e. The van der Waals surface area contributed by atoms with Crippen molar-refractivity contribution in [2.45, 2.75) is 4.34 Å². The van der Waals surface area contributed by atoms with Crippen LogP contribution < -0.4 is 0 Å². The molecule has 4 rings (SSSR count). The van der Waals surface area contributed by atoms with Gasteiger partial charge in [0.25, 0.3) is 11.1 Å². The molecule has 1 saturated heterocycles. The Bertz CT molecular complexity index is 1040. The number of rotatable bonds is 4. The summed E-state index contributed by atoms with van der Waals surface area (Å²) in [4.78, 5) is 42.7. The molecule has 0 saturated carbocycles. The van der Waals surface area contributed by atoms with Crippen molar-refractivity contribution in [2.75, 3.05) is 6.54 Å². The lowest BCUT2D eigenvalue weighted by atomic mass is 10.2. The number of hydrogen-bond donors (Lipinski definition) is 0. The van der Waals surface area contributed by atoms with Crippen molar-refractivity contribution < 1.29 is 14.4 Å². The maximum Gasteiger partial charge on any atom is 0.294 e. The summed E-state index contributed by atoms with van der Waals surface area (Å²) in [5.74, 6) is -0.438. The number of para-hydroxylation sites is 1. The quantitative estimate of drug-likeness (QED) is 0.459. The molecule has 0 aliphatic carbocycles. The predicted octanol–water partition coefficient (Wildman–Crippen LogP) is 4.65. The van der Waals surface area contributed by atoms with Crippen LogP contribution in [-0.4, -0.2) is 32.7 Å². The highest BCUT2D eigenvalue weighted by Gasteiger charge is 2.36. The van der Waals surface area contributed by atoms with E-state index >= 15 is 0 Å². The van der Waals surface area contributed by atoms with E-state index in [0.717, 1.165) is 44.2 Å². The van der Waals surface area contributed by atoms with Crippen molar-refractivity contribution in [3.63, 3.8) is 0 Å². The van der Waals surface area contributed by atoms with Crippen molar-refractivity contribution in [1.82, 2.24) is 9.88 Å². The molecule has 0 spiro atoms. The van der Waals surface area contributed by atoms with Gasteiger partial charge >= 0.3 is 0 Å². The van der Waals surface area contributed by atoms with E-state index in [1.165, 1.54) is 11.3 Å². The third-order valence-electron chi connectivity index (χ3n) is 3.73. The van der Waals surface area contributed by atoms with Gasteiger partial charge in [0.15, 0.2) is 4.34 Å². The zero-order chi connectivity index (χ0) is 18.8. The Morgan fingerprint density at radius 2 is 1.81 bits per heavy atom. The lowest BCUT2D eigenvalue weighted by Gasteiger charge is -2.10. The summed E-state index contributed by atoms with van der Waals surface area (Å²) in [6.07, 6.45) is 1.66. The van der Waals surface area contributed by atoms with E-state index in [9.17, 15) is 14.4 Å². The van der Waals surface area contributed by atoms with Crippen molar-refractivity contribution >= 4 is 67.4 Å². The molecule has 1 aliphatic rings. The van der Waals surface area contributed by atoms with Gasteiger partial charge < -0.3 is 0 Å². The summed E-state index contributed by atoms with van der Waals surface area (Å²) in [5, 5.41) is -0.724. The first-order valence-corrected chi connectivity index (χ1v) is 10.4. The SMILES string of the molecule is O=C(CN1C(=O)S/C(=C\c2ccccc2)C1=O)Sc1nc2ccccc2s1. The summed E-state index contributed by atoms with van der Waals surface area (Å²) in [6, 6.07) is 16.9. The fourth-order valence-corrected chi connectivity index (χ4v) is 5.27. The fraction of sp³-hybridized carbons (Fsp3) is 0.0526. The van der Waals surface area contributed by atoms with Crippen molar-refractivity contribution in [1.29, 1.82) is 0 Å². The molecule has 0 atom stereocenters. The number of thiazole rings is 1. The number of imide groups is 1. The first-order valence-electron chi connectivity index (χ1n) is 7.97. The van der Waals surface area contributed by atoms with E-state index < -0.39 is 11.1 Å². The molecule has 27 heavy (non-hydrogen) atoms. The van der Waals surface area contributed by atoms with E-state index in [1.54, 1.807) is 6.08 Å². The van der Waals surface area contributed by atoms with Crippen molar-refractivity contribution in [3.8, 4) is 0 Å². The molecule has 0 radical (unpaired) electrons. The Morgan fingerprint density at radius 1 is 1.07 bits per heavy atom. The first kappa shape index (κ1) is 18.0. The molecular formula is C19H12N2O3S3. The molecule has 0 N–H and O–H groups in total. The molecule has 1 aromatic heterocycles. The first-order chi connectivity index (χ1) is 13.1. The van der Waals surface area contributed by atoms with Gasteiger partial charge in [-0.3, -0.25) is 19.3 Å². The van der Waals surface area contributed by atoms with Crippen LogP contribution in [0.4, 0.5) is 4.79 Å². The summed E-state index contributed by atoms with van der Waals surface area (Å²) >= 11 is 3.23. The molecule has 2 amide bonds. The number of fused-ring (bicyclic) bond motifs is 1. The molecular weight excluding hydrogens is 400 g/mol. The molecule has 2 aromatic carbocycles. The van der Waals surface area contributed by atoms with Crippen molar-refractivity contribution in [3.05, 3.63) is 65.1 Å². The van der Waals surface area contributed by atoms with E-state index in [1.807, 2.05) is 54.6 Å². The highest BCUT2D eigenvalue weighted by atomic mass is 32.2. The molecule has 2 heterocycles. The van der Waals surface area contributed by atoms with Crippen molar-refractivity contribution in [2.24, 2.45) is 0 Å². The normalized spacial score (nSPS) is 15.9. The number of carbonyl (C=O) groups excluding carboxylic acids is 3. The van der Waals surface area contributed by atoms with Gasteiger partial charge in [0, 0.05) is 0 Å². The average molecular weight is 413 g/mol. The number of thioether (sulfide) groups is 2. The van der Waals surface area contributed by atoms with Gasteiger partial charge in [-0.1, -0.05) is 42.5 Å². The molecule has 1 fully saturated rings. The standard InChI is InChI=1S/C19H12N2O3S3/c22-16(27-18-20-13-8-4-5-9-14(13)25-18)11-21-17(23)15(26-19(21)24)10-12-6-2-1-3-7-12/h1-10H,11H2/b15-10-. The van der Waals surface area contributed by atoms with Gasteiger partial charge in [-0.2, -0.15) is 0 Å². The van der Waals surface area contributed by atoms with Crippen LogP contribution in [0.15, 0.2) is 63.8 Å². The third kappa shape index (κ3) is 3.97. The number of amides is 2. The van der Waals surface area contributed by atoms with Crippen LogP contribution in [-0.2, 0) is 9.59 Å². The number of carbonyl (C=O) groups is 3. The Hall–Kier alpha value is -2.42. The molecule has 8 heteroatoms. The highest BCUT2D eigenvalue weighted by Crippen LogP contribution is 2.34. The van der Waals surface area contributed by atoms with Gasteiger partial charge in [-0.15, -0.1) is 11.3 Å². The summed E-state index contributed by atoms with van der Waals surface area (Å²) in [5.41, 5.74) is 1.66. The van der Waals surface area contributed by atoms with E-state index in [-0.39, 0.29) is 11.7 Å². The second kappa shape index (κ2) is 7.67. The predicted molar refractivity (Wildman–Crippen MR) is 110 cm³/mol. The van der Waals surface area contributed by atoms with Crippen LogP contribution in [0, 0.1) is 0 Å². The zero-order valence-corrected chi connectivity index (χ0v) is 16.3. The topological polar surface area (TPSA) is 67.3 Å². The summed E-state index contributed by atoms with van der Waals surface area (Å²) < 4.78 is 1.60. The maximum atomic E-state index is 12.5.